The molecule has 0 atom stereocenters. The van der Waals surface area contributed by atoms with Gasteiger partial charge < -0.3 is 19.5 Å². The van der Waals surface area contributed by atoms with Crippen LogP contribution in [0.2, 0.25) is 0 Å². The fourth-order valence-electron chi connectivity index (χ4n) is 2.62. The largest absolute Gasteiger partial charge is 0.462 e. The molecule has 1 aromatic carbocycles. The average Bonchev–Trinajstić information content (AvgIpc) is 3.28. The number of amides is 2. The van der Waals surface area contributed by atoms with E-state index in [1.54, 1.807) is 36.4 Å². The minimum absolute atomic E-state index is 0.332. The second-order valence-corrected chi connectivity index (χ2v) is 6.59. The predicted molar refractivity (Wildman–Crippen MR) is 113 cm³/mol. The van der Waals surface area contributed by atoms with Crippen LogP contribution >= 0.6 is 0 Å². The van der Waals surface area contributed by atoms with Gasteiger partial charge in [-0.1, -0.05) is 6.07 Å². The molecule has 3 aromatic rings. The number of rotatable bonds is 6. The molecule has 2 heterocycles. The van der Waals surface area contributed by atoms with E-state index < -0.39 is 0 Å². The number of benzene rings is 1. The molecule has 0 aliphatic rings. The summed E-state index contributed by atoms with van der Waals surface area (Å²) in [5.74, 6) is 2.06. The summed E-state index contributed by atoms with van der Waals surface area (Å²) in [6, 6.07) is 12.6. The van der Waals surface area contributed by atoms with E-state index in [1.165, 1.54) is 12.2 Å². The van der Waals surface area contributed by atoms with E-state index in [9.17, 15) is 9.59 Å². The lowest BCUT2D eigenvalue weighted by molar-refractivity contribution is -0.112. The van der Waals surface area contributed by atoms with Crippen LogP contribution in [0.3, 0.4) is 0 Å². The van der Waals surface area contributed by atoms with Gasteiger partial charge in [-0.15, -0.1) is 0 Å². The molecule has 0 saturated carbocycles. The van der Waals surface area contributed by atoms with Crippen molar-refractivity contribution in [3.63, 3.8) is 0 Å². The third-order valence-corrected chi connectivity index (χ3v) is 4.01. The molecule has 0 aliphatic carbocycles. The summed E-state index contributed by atoms with van der Waals surface area (Å²) in [5, 5.41) is 5.56. The van der Waals surface area contributed by atoms with Gasteiger partial charge in [-0.05, 0) is 74.9 Å². The van der Waals surface area contributed by atoms with Gasteiger partial charge >= 0.3 is 0 Å². The van der Waals surface area contributed by atoms with Gasteiger partial charge in [0, 0.05) is 12.2 Å². The normalized spacial score (nSPS) is 11.3. The van der Waals surface area contributed by atoms with Crippen LogP contribution in [0.4, 0.5) is 11.4 Å². The van der Waals surface area contributed by atoms with Crippen molar-refractivity contribution < 1.29 is 18.4 Å². The van der Waals surface area contributed by atoms with E-state index in [0.717, 1.165) is 17.1 Å². The summed E-state index contributed by atoms with van der Waals surface area (Å²) in [5.41, 5.74) is 1.95. The minimum Gasteiger partial charge on any atom is -0.462 e. The Bertz CT molecular complexity index is 1090. The van der Waals surface area contributed by atoms with Crippen molar-refractivity contribution in [2.24, 2.45) is 0 Å². The summed E-state index contributed by atoms with van der Waals surface area (Å²) in [7, 11) is 0. The Morgan fingerprint density at radius 2 is 1.24 bits per heavy atom. The van der Waals surface area contributed by atoms with E-state index in [1.807, 2.05) is 39.0 Å². The molecule has 0 bridgehead atoms. The van der Waals surface area contributed by atoms with Crippen molar-refractivity contribution in [1.82, 2.24) is 0 Å². The van der Waals surface area contributed by atoms with E-state index in [4.69, 9.17) is 8.83 Å². The number of nitrogens with one attached hydrogen (secondary N) is 2. The quantitative estimate of drug-likeness (QED) is 0.574. The molecule has 148 valence electrons. The van der Waals surface area contributed by atoms with Gasteiger partial charge in [0.15, 0.2) is 0 Å². The Kier molecular flexibility index (Phi) is 6.14. The van der Waals surface area contributed by atoms with E-state index in [2.05, 4.69) is 10.6 Å². The van der Waals surface area contributed by atoms with Gasteiger partial charge in [-0.25, -0.2) is 0 Å². The highest BCUT2D eigenvalue weighted by atomic mass is 16.3. The Hall–Kier alpha value is -3.80. The van der Waals surface area contributed by atoms with Crippen LogP contribution in [-0.4, -0.2) is 11.8 Å². The highest BCUT2D eigenvalue weighted by Gasteiger charge is 2.08. The highest BCUT2D eigenvalue weighted by Crippen LogP contribution is 2.23. The van der Waals surface area contributed by atoms with Gasteiger partial charge in [-0.3, -0.25) is 9.59 Å². The molecule has 6 heteroatoms. The second kappa shape index (κ2) is 8.93. The van der Waals surface area contributed by atoms with Gasteiger partial charge in [0.25, 0.3) is 0 Å². The molecule has 3 rings (SSSR count). The molecule has 0 spiro atoms. The maximum atomic E-state index is 12.3. The van der Waals surface area contributed by atoms with E-state index in [0.29, 0.717) is 22.9 Å². The topological polar surface area (TPSA) is 84.5 Å². The van der Waals surface area contributed by atoms with Crippen molar-refractivity contribution >= 4 is 35.3 Å². The van der Waals surface area contributed by atoms with Crippen molar-refractivity contribution in [3.8, 4) is 0 Å². The molecule has 2 amide bonds. The Morgan fingerprint density at radius 1 is 0.724 bits per heavy atom. The van der Waals surface area contributed by atoms with Crippen molar-refractivity contribution in [2.45, 2.75) is 20.8 Å². The minimum atomic E-state index is -0.333. The first-order chi connectivity index (χ1) is 13.9. The zero-order valence-corrected chi connectivity index (χ0v) is 16.5. The van der Waals surface area contributed by atoms with Crippen molar-refractivity contribution in [1.29, 1.82) is 0 Å². The molecule has 0 fully saturated rings. The van der Waals surface area contributed by atoms with Gasteiger partial charge in [0.1, 0.15) is 23.0 Å². The molecule has 2 N–H and O–H groups in total. The lowest BCUT2D eigenvalue weighted by atomic mass is 10.2. The first kappa shape index (κ1) is 19.9. The SMILES string of the molecule is Cc1ccc(NC(=O)/C=C\c2ccc(C)o2)c(NC(=O)/C=C\c2ccc(C)o2)c1. The summed E-state index contributed by atoms with van der Waals surface area (Å²) < 4.78 is 10.8. The van der Waals surface area contributed by atoms with Gasteiger partial charge in [-0.2, -0.15) is 0 Å². The third kappa shape index (κ3) is 5.84. The van der Waals surface area contributed by atoms with Gasteiger partial charge in [0.2, 0.25) is 11.8 Å². The standard InChI is InChI=1S/C23H22N2O4/c1-15-4-11-20(24-22(26)12-9-18-7-5-16(2)28-18)21(14-15)25-23(27)13-10-19-8-6-17(3)29-19/h4-14H,1-3H3,(H,24,26)(H,25,27)/b12-9-,13-10-. The molecule has 0 saturated heterocycles. The number of carbonyl (C=O) groups is 2. The number of anilines is 2. The van der Waals surface area contributed by atoms with Crippen LogP contribution in [0, 0.1) is 20.8 Å². The zero-order valence-electron chi connectivity index (χ0n) is 16.5. The second-order valence-electron chi connectivity index (χ2n) is 6.59. The monoisotopic (exact) mass is 390 g/mol. The number of hydrogen-bond acceptors (Lipinski definition) is 4. The Balaban J connectivity index is 1.68. The number of carbonyl (C=O) groups excluding carboxylic acids is 2. The van der Waals surface area contributed by atoms with Crippen molar-refractivity contribution in [3.05, 3.63) is 83.2 Å². The summed E-state index contributed by atoms with van der Waals surface area (Å²) in [4.78, 5) is 24.5. The molecular weight excluding hydrogens is 368 g/mol. The van der Waals surface area contributed by atoms with Crippen LogP contribution in [0.5, 0.6) is 0 Å². The fraction of sp³-hybridized carbons (Fsp3) is 0.130. The summed E-state index contributed by atoms with van der Waals surface area (Å²) in [6.07, 6.45) is 5.93. The summed E-state index contributed by atoms with van der Waals surface area (Å²) in [6.45, 7) is 5.57. The third-order valence-electron chi connectivity index (χ3n) is 4.01. The maximum absolute atomic E-state index is 12.3. The van der Waals surface area contributed by atoms with Crippen LogP contribution in [0.1, 0.15) is 28.6 Å². The van der Waals surface area contributed by atoms with Crippen LogP contribution < -0.4 is 10.6 Å². The lowest BCUT2D eigenvalue weighted by Gasteiger charge is -2.11. The highest BCUT2D eigenvalue weighted by molar-refractivity contribution is 6.07. The van der Waals surface area contributed by atoms with Gasteiger partial charge in [0.05, 0.1) is 11.4 Å². The Labute approximate surface area is 168 Å². The molecule has 2 aromatic heterocycles. The molecule has 29 heavy (non-hydrogen) atoms. The molecule has 0 aliphatic heterocycles. The fourth-order valence-corrected chi connectivity index (χ4v) is 2.62. The number of hydrogen-bond donors (Lipinski definition) is 2. The summed E-state index contributed by atoms with van der Waals surface area (Å²) >= 11 is 0. The molecule has 0 radical (unpaired) electrons. The maximum Gasteiger partial charge on any atom is 0.248 e. The zero-order chi connectivity index (χ0) is 20.8. The first-order valence-electron chi connectivity index (χ1n) is 9.11. The van der Waals surface area contributed by atoms with Crippen molar-refractivity contribution in [2.75, 3.05) is 10.6 Å². The average molecular weight is 390 g/mol. The first-order valence-corrected chi connectivity index (χ1v) is 9.11. The number of aryl methyl sites for hydroxylation is 3. The molecule has 6 nitrogen and oxygen atoms in total. The van der Waals surface area contributed by atoms with E-state index in [-0.39, 0.29) is 11.8 Å². The lowest BCUT2D eigenvalue weighted by Crippen LogP contribution is -2.13. The Morgan fingerprint density at radius 3 is 1.72 bits per heavy atom. The molecule has 0 unspecified atom stereocenters. The van der Waals surface area contributed by atoms with Crippen LogP contribution in [0.25, 0.3) is 12.2 Å². The van der Waals surface area contributed by atoms with Crippen LogP contribution in [-0.2, 0) is 9.59 Å². The van der Waals surface area contributed by atoms with E-state index >= 15 is 0 Å². The van der Waals surface area contributed by atoms with Crippen LogP contribution in [0.15, 0.2) is 63.5 Å². The smallest absolute Gasteiger partial charge is 0.248 e. The molecular formula is C23H22N2O4. The predicted octanol–water partition coefficient (Wildman–Crippen LogP) is 5.10. The number of furan rings is 2.